The highest BCUT2D eigenvalue weighted by atomic mass is 19.1. The number of hydrogen-bond acceptors (Lipinski definition) is 7. The predicted octanol–water partition coefficient (Wildman–Crippen LogP) is 4.64. The summed E-state index contributed by atoms with van der Waals surface area (Å²) in [5.74, 6) is -2.04. The number of nitrogens with zero attached hydrogens (tertiary/aromatic N) is 1. The van der Waals surface area contributed by atoms with E-state index in [1.807, 2.05) is 13.8 Å². The van der Waals surface area contributed by atoms with Gasteiger partial charge in [0.25, 0.3) is 0 Å². The number of hydrogen-bond donors (Lipinski definition) is 1. The molecule has 1 aromatic carbocycles. The minimum Gasteiger partial charge on any atom is -0.444 e. The maximum Gasteiger partial charge on any atom is 0.408 e. The SMILES string of the molecule is CCC(CC)(C(=O)OCOC(C)=O)[C@H]1CC[C@@H](c2cccc(F)c2)N1C(=O)[C@@H](C)NC(=O)OC(C)(C)C. The molecule has 2 rings (SSSR count). The average Bonchev–Trinajstić information content (AvgIpc) is 3.23. The van der Waals surface area contributed by atoms with Gasteiger partial charge in [0.2, 0.25) is 12.7 Å². The van der Waals surface area contributed by atoms with Crippen LogP contribution in [0, 0.1) is 11.2 Å². The van der Waals surface area contributed by atoms with E-state index in [9.17, 15) is 23.6 Å². The van der Waals surface area contributed by atoms with Crippen LogP contribution in [0.5, 0.6) is 0 Å². The standard InChI is InChI=1S/C27H39FN2O7/c1-8-27(9-2,24(33)36-16-35-18(4)31)22-14-13-21(19-11-10-12-20(28)15-19)30(22)23(32)17(3)29-25(34)37-26(5,6)7/h10-12,15,17,21-22H,8-9,13-14,16H2,1-7H3,(H,29,34)/t17-,21+,22-/m1/s1. The molecule has 0 aromatic heterocycles. The second-order valence-corrected chi connectivity index (χ2v) is 10.3. The summed E-state index contributed by atoms with van der Waals surface area (Å²) in [5.41, 5.74) is -1.27. The molecule has 9 nitrogen and oxygen atoms in total. The number of halogens is 1. The van der Waals surface area contributed by atoms with E-state index < -0.39 is 65.7 Å². The minimum atomic E-state index is -1.11. The fraction of sp³-hybridized carbons (Fsp3) is 0.630. The van der Waals surface area contributed by atoms with Crippen molar-refractivity contribution in [1.82, 2.24) is 10.2 Å². The zero-order chi connectivity index (χ0) is 28.0. The Labute approximate surface area is 218 Å². The van der Waals surface area contributed by atoms with Crippen LogP contribution in [0.15, 0.2) is 24.3 Å². The van der Waals surface area contributed by atoms with Crippen molar-refractivity contribution in [3.63, 3.8) is 0 Å². The molecule has 0 radical (unpaired) electrons. The monoisotopic (exact) mass is 522 g/mol. The molecule has 0 saturated carbocycles. The highest BCUT2D eigenvalue weighted by Gasteiger charge is 2.53. The predicted molar refractivity (Wildman–Crippen MR) is 134 cm³/mol. The lowest BCUT2D eigenvalue weighted by Gasteiger charge is -2.42. The van der Waals surface area contributed by atoms with Crippen molar-refractivity contribution in [3.8, 4) is 0 Å². The Bertz CT molecular complexity index is 987. The lowest BCUT2D eigenvalue weighted by Crippen LogP contribution is -2.56. The summed E-state index contributed by atoms with van der Waals surface area (Å²) >= 11 is 0. The van der Waals surface area contributed by atoms with Crippen LogP contribution in [0.25, 0.3) is 0 Å². The molecule has 1 aliphatic heterocycles. The Morgan fingerprint density at radius 2 is 1.76 bits per heavy atom. The highest BCUT2D eigenvalue weighted by Crippen LogP contribution is 2.47. The number of esters is 2. The fourth-order valence-electron chi connectivity index (χ4n) is 4.93. The lowest BCUT2D eigenvalue weighted by atomic mass is 9.74. The normalized spacial score (nSPS) is 18.6. The Morgan fingerprint density at radius 3 is 2.30 bits per heavy atom. The van der Waals surface area contributed by atoms with E-state index >= 15 is 0 Å². The molecule has 0 unspecified atom stereocenters. The van der Waals surface area contributed by atoms with Crippen molar-refractivity contribution in [2.24, 2.45) is 5.41 Å². The summed E-state index contributed by atoms with van der Waals surface area (Å²) in [7, 11) is 0. The Kier molecular flexibility index (Phi) is 10.1. The quantitative estimate of drug-likeness (QED) is 0.371. The van der Waals surface area contributed by atoms with E-state index in [0.717, 1.165) is 0 Å². The van der Waals surface area contributed by atoms with Crippen molar-refractivity contribution >= 4 is 23.9 Å². The van der Waals surface area contributed by atoms with E-state index in [1.165, 1.54) is 19.1 Å². The van der Waals surface area contributed by atoms with Crippen LogP contribution in [0.4, 0.5) is 9.18 Å². The van der Waals surface area contributed by atoms with E-state index in [4.69, 9.17) is 14.2 Å². The van der Waals surface area contributed by atoms with Crippen LogP contribution < -0.4 is 5.32 Å². The molecular formula is C27H39FN2O7. The van der Waals surface area contributed by atoms with Crippen LogP contribution >= 0.6 is 0 Å². The topological polar surface area (TPSA) is 111 Å². The highest BCUT2D eigenvalue weighted by molar-refractivity contribution is 5.87. The van der Waals surface area contributed by atoms with Crippen molar-refractivity contribution < 1.29 is 37.8 Å². The fourth-order valence-corrected chi connectivity index (χ4v) is 4.93. The molecule has 1 aliphatic rings. The molecule has 1 fully saturated rings. The third kappa shape index (κ3) is 7.42. The maximum absolute atomic E-state index is 14.1. The third-order valence-corrected chi connectivity index (χ3v) is 6.74. The molecule has 1 aromatic rings. The van der Waals surface area contributed by atoms with Crippen LogP contribution in [0.2, 0.25) is 0 Å². The van der Waals surface area contributed by atoms with E-state index in [-0.39, 0.29) is 0 Å². The summed E-state index contributed by atoms with van der Waals surface area (Å²) in [6.45, 7) is 11.0. The molecule has 37 heavy (non-hydrogen) atoms. The van der Waals surface area contributed by atoms with Gasteiger partial charge in [0.15, 0.2) is 0 Å². The van der Waals surface area contributed by atoms with Gasteiger partial charge in [-0.3, -0.25) is 14.4 Å². The molecule has 1 N–H and O–H groups in total. The number of nitrogens with one attached hydrogen (secondary N) is 1. The average molecular weight is 523 g/mol. The van der Waals surface area contributed by atoms with E-state index in [2.05, 4.69) is 5.32 Å². The first-order chi connectivity index (χ1) is 17.3. The second-order valence-electron chi connectivity index (χ2n) is 10.3. The first-order valence-electron chi connectivity index (χ1n) is 12.6. The van der Waals surface area contributed by atoms with Gasteiger partial charge >= 0.3 is 18.0 Å². The van der Waals surface area contributed by atoms with Crippen LogP contribution in [0.3, 0.4) is 0 Å². The van der Waals surface area contributed by atoms with Gasteiger partial charge < -0.3 is 24.4 Å². The van der Waals surface area contributed by atoms with Crippen molar-refractivity contribution in [3.05, 3.63) is 35.6 Å². The molecule has 206 valence electrons. The number of alkyl carbamates (subject to hydrolysis) is 1. The third-order valence-electron chi connectivity index (χ3n) is 6.74. The van der Waals surface area contributed by atoms with Crippen LogP contribution in [-0.2, 0) is 28.6 Å². The second kappa shape index (κ2) is 12.4. The summed E-state index contributed by atoms with van der Waals surface area (Å²) in [5, 5.41) is 2.58. The molecule has 10 heteroatoms. The lowest BCUT2D eigenvalue weighted by molar-refractivity contribution is -0.178. The Hall–Kier alpha value is -3.17. The number of amides is 2. The first kappa shape index (κ1) is 30.1. The first-order valence-corrected chi connectivity index (χ1v) is 12.6. The summed E-state index contributed by atoms with van der Waals surface area (Å²) in [6.07, 6.45) is 0.889. The molecular weight excluding hydrogens is 483 g/mol. The molecule has 1 heterocycles. The molecule has 2 amide bonds. The molecule has 0 spiro atoms. The Balaban J connectivity index is 2.45. The van der Waals surface area contributed by atoms with Crippen molar-refractivity contribution in [2.75, 3.05) is 6.79 Å². The molecule has 0 aliphatic carbocycles. The smallest absolute Gasteiger partial charge is 0.408 e. The van der Waals surface area contributed by atoms with Gasteiger partial charge in [0.1, 0.15) is 17.5 Å². The van der Waals surface area contributed by atoms with Gasteiger partial charge in [0.05, 0.1) is 11.5 Å². The van der Waals surface area contributed by atoms with Gasteiger partial charge in [-0.2, -0.15) is 0 Å². The van der Waals surface area contributed by atoms with Gasteiger partial charge in [-0.25, -0.2) is 9.18 Å². The number of rotatable bonds is 9. The number of carbonyl (C=O) groups excluding carboxylic acids is 4. The number of likely N-dealkylation sites (tertiary alicyclic amines) is 1. The zero-order valence-corrected chi connectivity index (χ0v) is 22.8. The summed E-state index contributed by atoms with van der Waals surface area (Å²) < 4.78 is 29.5. The zero-order valence-electron chi connectivity index (χ0n) is 22.8. The van der Waals surface area contributed by atoms with E-state index in [1.54, 1.807) is 44.7 Å². The molecule has 3 atom stereocenters. The van der Waals surface area contributed by atoms with Gasteiger partial charge in [-0.05, 0) is 71.1 Å². The number of benzene rings is 1. The maximum atomic E-state index is 14.1. The number of ether oxygens (including phenoxy) is 3. The minimum absolute atomic E-state index is 0.348. The molecule has 0 bridgehead atoms. The largest absolute Gasteiger partial charge is 0.444 e. The Morgan fingerprint density at radius 1 is 1.11 bits per heavy atom. The van der Waals surface area contributed by atoms with Gasteiger partial charge in [-0.1, -0.05) is 26.0 Å². The van der Waals surface area contributed by atoms with Crippen LogP contribution in [0.1, 0.15) is 85.8 Å². The summed E-state index contributed by atoms with van der Waals surface area (Å²) in [6, 6.07) is 3.91. The molecule has 1 saturated heterocycles. The van der Waals surface area contributed by atoms with Crippen molar-refractivity contribution in [1.29, 1.82) is 0 Å². The van der Waals surface area contributed by atoms with Gasteiger partial charge in [-0.15, -0.1) is 0 Å². The van der Waals surface area contributed by atoms with Crippen LogP contribution in [-0.4, -0.2) is 53.3 Å². The summed E-state index contributed by atoms with van der Waals surface area (Å²) in [4.78, 5) is 52.3. The van der Waals surface area contributed by atoms with E-state index in [0.29, 0.717) is 31.2 Å². The van der Waals surface area contributed by atoms with Crippen molar-refractivity contribution in [2.45, 2.75) is 97.9 Å². The number of carbonyl (C=O) groups is 4. The van der Waals surface area contributed by atoms with Gasteiger partial charge in [0, 0.05) is 13.0 Å².